The highest BCUT2D eigenvalue weighted by atomic mass is 16.5. The van der Waals surface area contributed by atoms with E-state index in [4.69, 9.17) is 9.47 Å². The summed E-state index contributed by atoms with van der Waals surface area (Å²) in [6.07, 6.45) is 3.25. The van der Waals surface area contributed by atoms with Crippen LogP contribution in [0.4, 0.5) is 0 Å². The van der Waals surface area contributed by atoms with E-state index in [0.717, 1.165) is 27.6 Å². The lowest BCUT2D eigenvalue weighted by atomic mass is 9.77. The van der Waals surface area contributed by atoms with E-state index < -0.39 is 5.60 Å². The number of hydrogen-bond donors (Lipinski definition) is 1. The number of hydrogen-bond acceptors (Lipinski definition) is 6. The van der Waals surface area contributed by atoms with Crippen LogP contribution in [-0.4, -0.2) is 23.4 Å². The molecule has 0 fully saturated rings. The number of fused-ring (bicyclic) bond motifs is 6. The average Bonchev–Trinajstić information content (AvgIpc) is 3.36. The molecule has 0 saturated carbocycles. The number of ether oxygens (including phenoxy) is 2. The molecule has 3 aromatic carbocycles. The Labute approximate surface area is 208 Å². The summed E-state index contributed by atoms with van der Waals surface area (Å²) >= 11 is 0. The number of benzene rings is 3. The van der Waals surface area contributed by atoms with Crippen molar-refractivity contribution in [1.29, 1.82) is 5.26 Å². The molecule has 1 aromatic heterocycles. The van der Waals surface area contributed by atoms with Gasteiger partial charge < -0.3 is 14.6 Å². The molecule has 174 valence electrons. The summed E-state index contributed by atoms with van der Waals surface area (Å²) in [6.45, 7) is 4.36. The molecule has 6 bridgehead atoms. The first kappa shape index (κ1) is 21.8. The molecule has 1 N–H and O–H groups in total. The fourth-order valence-electron chi connectivity index (χ4n) is 4.88. The van der Waals surface area contributed by atoms with Gasteiger partial charge in [0.15, 0.2) is 0 Å². The molecule has 0 amide bonds. The van der Waals surface area contributed by atoms with Crippen LogP contribution < -0.4 is 9.47 Å². The largest absolute Gasteiger partial charge is 0.488 e. The van der Waals surface area contributed by atoms with E-state index in [1.165, 1.54) is 0 Å². The molecule has 2 aliphatic rings. The van der Waals surface area contributed by atoms with Gasteiger partial charge in [-0.15, -0.1) is 0 Å². The second kappa shape index (κ2) is 8.19. The quantitative estimate of drug-likeness (QED) is 0.421. The summed E-state index contributed by atoms with van der Waals surface area (Å²) in [5, 5.41) is 23.1. The second-order valence-corrected chi connectivity index (χ2v) is 8.81. The fraction of sp³-hybridized carbons (Fsp3) is 0.100. The van der Waals surface area contributed by atoms with Crippen LogP contribution in [0, 0.1) is 11.3 Å². The number of pyridine rings is 1. The molecule has 0 spiro atoms. The number of nitriles is 1. The average molecular weight is 472 g/mol. The summed E-state index contributed by atoms with van der Waals surface area (Å²) < 4.78 is 11.6. The van der Waals surface area contributed by atoms with Crippen LogP contribution in [0.15, 0.2) is 95.6 Å². The number of nitrogens with zero attached hydrogens (tertiary/aromatic N) is 3. The van der Waals surface area contributed by atoms with E-state index in [-0.39, 0.29) is 6.61 Å². The molecule has 4 aromatic rings. The van der Waals surface area contributed by atoms with Crippen molar-refractivity contribution in [3.63, 3.8) is 0 Å². The van der Waals surface area contributed by atoms with Crippen molar-refractivity contribution in [2.45, 2.75) is 12.2 Å². The molecule has 3 heterocycles. The highest BCUT2D eigenvalue weighted by Crippen LogP contribution is 2.44. The Hall–Kier alpha value is -4.73. The third-order valence-electron chi connectivity index (χ3n) is 6.73. The first-order valence-corrected chi connectivity index (χ1v) is 11.4. The molecule has 0 radical (unpaired) electrons. The summed E-state index contributed by atoms with van der Waals surface area (Å²) in [5.74, 6) is 0.891. The Morgan fingerprint density at radius 2 is 1.92 bits per heavy atom. The molecule has 6 heteroatoms. The van der Waals surface area contributed by atoms with Crippen LogP contribution >= 0.6 is 0 Å². The minimum Gasteiger partial charge on any atom is -0.488 e. The molecular formula is C30H21N3O3. The zero-order chi connectivity index (χ0) is 24.9. The van der Waals surface area contributed by atoms with Crippen molar-refractivity contribution in [3.05, 3.63) is 113 Å². The minimum atomic E-state index is -1.60. The van der Waals surface area contributed by atoms with Gasteiger partial charge in [0.1, 0.15) is 24.0 Å². The molecule has 6 nitrogen and oxygen atoms in total. The van der Waals surface area contributed by atoms with Crippen LogP contribution in [0.2, 0.25) is 0 Å². The van der Waals surface area contributed by atoms with E-state index >= 15 is 0 Å². The van der Waals surface area contributed by atoms with Crippen molar-refractivity contribution in [1.82, 2.24) is 4.98 Å². The summed E-state index contributed by atoms with van der Waals surface area (Å²) in [7, 11) is 1.59. The van der Waals surface area contributed by atoms with Gasteiger partial charge in [-0.1, -0.05) is 36.9 Å². The standard InChI is InChI=1S/C30H21N3O3/c1-18-15-32-16-26(18)30(34)22-8-9-27-25(11-22)24(13-29(33-27)35-2)20-5-3-4-19(10-20)17-36-28-12-23(30)7-6-21(28)14-31/h3-13,15-16,34H,1,17H2,2H3. The number of aliphatic imine (C=N–C) groups is 1. The highest BCUT2D eigenvalue weighted by Gasteiger charge is 2.39. The van der Waals surface area contributed by atoms with Gasteiger partial charge in [0, 0.05) is 29.4 Å². The van der Waals surface area contributed by atoms with E-state index in [1.54, 1.807) is 37.7 Å². The predicted molar refractivity (Wildman–Crippen MR) is 138 cm³/mol. The topological polar surface area (TPSA) is 87.7 Å². The molecule has 0 aliphatic carbocycles. The Bertz CT molecular complexity index is 1680. The molecule has 0 saturated heterocycles. The van der Waals surface area contributed by atoms with Gasteiger partial charge in [-0.05, 0) is 63.7 Å². The molecular weight excluding hydrogens is 450 g/mol. The maximum atomic E-state index is 12.5. The maximum Gasteiger partial charge on any atom is 0.214 e. The van der Waals surface area contributed by atoms with Gasteiger partial charge >= 0.3 is 0 Å². The van der Waals surface area contributed by atoms with Gasteiger partial charge in [0.25, 0.3) is 0 Å². The number of methoxy groups -OCH3 is 1. The van der Waals surface area contributed by atoms with Crippen molar-refractivity contribution in [2.75, 3.05) is 7.11 Å². The van der Waals surface area contributed by atoms with Crippen molar-refractivity contribution >= 4 is 17.1 Å². The smallest absolute Gasteiger partial charge is 0.214 e. The van der Waals surface area contributed by atoms with Gasteiger partial charge in [-0.2, -0.15) is 5.26 Å². The van der Waals surface area contributed by atoms with Gasteiger partial charge in [0.2, 0.25) is 5.88 Å². The van der Waals surface area contributed by atoms with E-state index in [9.17, 15) is 10.4 Å². The molecule has 2 aliphatic heterocycles. The van der Waals surface area contributed by atoms with Crippen LogP contribution in [0.1, 0.15) is 22.3 Å². The lowest BCUT2D eigenvalue weighted by Crippen LogP contribution is -2.30. The number of aromatic nitrogens is 1. The third kappa shape index (κ3) is 3.29. The van der Waals surface area contributed by atoms with E-state index in [0.29, 0.717) is 39.5 Å². The van der Waals surface area contributed by atoms with Crippen LogP contribution in [0.25, 0.3) is 22.0 Å². The number of rotatable bonds is 2. The first-order valence-electron chi connectivity index (χ1n) is 11.4. The summed E-state index contributed by atoms with van der Waals surface area (Å²) in [4.78, 5) is 8.89. The van der Waals surface area contributed by atoms with Crippen molar-refractivity contribution in [2.24, 2.45) is 4.99 Å². The molecule has 1 atom stereocenters. The fourth-order valence-corrected chi connectivity index (χ4v) is 4.88. The highest BCUT2D eigenvalue weighted by molar-refractivity contribution is 5.96. The zero-order valence-corrected chi connectivity index (χ0v) is 19.5. The maximum absolute atomic E-state index is 12.5. The van der Waals surface area contributed by atoms with Gasteiger partial charge in [-0.25, -0.2) is 4.98 Å². The first-order chi connectivity index (χ1) is 17.5. The zero-order valence-electron chi connectivity index (χ0n) is 19.5. The normalized spacial score (nSPS) is 18.0. The van der Waals surface area contributed by atoms with Crippen LogP contribution in [0.5, 0.6) is 11.6 Å². The molecule has 6 rings (SSSR count). The monoisotopic (exact) mass is 471 g/mol. The van der Waals surface area contributed by atoms with Crippen molar-refractivity contribution < 1.29 is 14.6 Å². The summed E-state index contributed by atoms with van der Waals surface area (Å²) in [6, 6.07) is 22.9. The number of aliphatic hydroxyl groups is 1. The van der Waals surface area contributed by atoms with Crippen molar-refractivity contribution in [3.8, 4) is 28.8 Å². The Balaban J connectivity index is 1.72. The summed E-state index contributed by atoms with van der Waals surface area (Å²) in [5.41, 5.74) is 4.66. The SMILES string of the molecule is C=C1C=NC=C1C1(O)c2ccc(C#N)c(c2)OCc2cccc(c2)-c2cc(OC)nc3ccc1cc23. The van der Waals surface area contributed by atoms with Gasteiger partial charge in [0.05, 0.1) is 18.2 Å². The van der Waals surface area contributed by atoms with Crippen LogP contribution in [0.3, 0.4) is 0 Å². The predicted octanol–water partition coefficient (Wildman–Crippen LogP) is 5.43. The second-order valence-electron chi connectivity index (χ2n) is 8.81. The van der Waals surface area contributed by atoms with Gasteiger partial charge in [-0.3, -0.25) is 4.99 Å². The lowest BCUT2D eigenvalue weighted by molar-refractivity contribution is 0.124. The third-order valence-corrected chi connectivity index (χ3v) is 6.73. The lowest BCUT2D eigenvalue weighted by Gasteiger charge is -2.32. The Morgan fingerprint density at radius 1 is 1.08 bits per heavy atom. The van der Waals surface area contributed by atoms with E-state index in [2.05, 4.69) is 28.7 Å². The minimum absolute atomic E-state index is 0.256. The van der Waals surface area contributed by atoms with E-state index in [1.807, 2.05) is 42.5 Å². The molecule has 36 heavy (non-hydrogen) atoms. The molecule has 1 unspecified atom stereocenters. The Kier molecular flexibility index (Phi) is 4.96. The van der Waals surface area contributed by atoms with Crippen LogP contribution in [-0.2, 0) is 12.2 Å². The Morgan fingerprint density at radius 3 is 2.69 bits per heavy atom.